The molecule has 1 aliphatic carbocycles. The number of rotatable bonds is 3. The average molecular weight is 679 g/mol. The summed E-state index contributed by atoms with van der Waals surface area (Å²) in [5, 5.41) is 10.5. The molecule has 0 spiro atoms. The smallest absolute Gasteiger partial charge is 0.0440 e. The molecule has 1 heterocycles. The van der Waals surface area contributed by atoms with E-state index in [1.165, 1.54) is 108 Å². The monoisotopic (exact) mass is 678 g/mol. The van der Waals surface area contributed by atoms with Crippen molar-refractivity contribution in [3.63, 3.8) is 0 Å². The zero-order valence-corrected chi connectivity index (χ0v) is 29.9. The maximum Gasteiger partial charge on any atom is 0.0440 e. The van der Waals surface area contributed by atoms with Crippen molar-refractivity contribution in [1.82, 2.24) is 0 Å². The molecular formula is C51H34S. The number of benzene rings is 9. The Morgan fingerprint density at radius 2 is 0.942 bits per heavy atom. The van der Waals surface area contributed by atoms with Crippen LogP contribution >= 0.6 is 11.3 Å². The van der Waals surface area contributed by atoms with Gasteiger partial charge in [0.25, 0.3) is 0 Å². The number of hydrogen-bond acceptors (Lipinski definition) is 1. The SMILES string of the molecule is CC1(C)c2ccc(-c3cccc(-c4c5ccccc5c(-c5ccccc5)c5ccccc45)c3)cc2-c2c1ccc1ccc3c4ccccc4sc3c21. The maximum absolute atomic E-state index is 2.47. The Balaban J connectivity index is 1.13. The molecule has 0 saturated carbocycles. The van der Waals surface area contributed by atoms with Crippen LogP contribution in [0, 0.1) is 0 Å². The van der Waals surface area contributed by atoms with Crippen LogP contribution in [0.15, 0.2) is 170 Å². The molecule has 0 nitrogen and oxygen atoms in total. The van der Waals surface area contributed by atoms with Gasteiger partial charge in [-0.1, -0.05) is 166 Å². The molecule has 0 radical (unpaired) electrons. The summed E-state index contributed by atoms with van der Waals surface area (Å²) >= 11 is 1.93. The highest BCUT2D eigenvalue weighted by Gasteiger charge is 2.37. The highest BCUT2D eigenvalue weighted by molar-refractivity contribution is 7.26. The Labute approximate surface area is 307 Å². The Bertz CT molecular complexity index is 3030. The normalized spacial score (nSPS) is 13.3. The van der Waals surface area contributed by atoms with Gasteiger partial charge in [0, 0.05) is 31.0 Å². The van der Waals surface area contributed by atoms with Gasteiger partial charge in [-0.25, -0.2) is 0 Å². The van der Waals surface area contributed by atoms with E-state index in [0.29, 0.717) is 0 Å². The molecule has 0 amide bonds. The van der Waals surface area contributed by atoms with Crippen LogP contribution < -0.4 is 0 Å². The van der Waals surface area contributed by atoms with Gasteiger partial charge in [-0.3, -0.25) is 0 Å². The number of hydrogen-bond donors (Lipinski definition) is 0. The molecule has 10 aromatic rings. The Morgan fingerprint density at radius 3 is 1.67 bits per heavy atom. The molecule has 0 N–H and O–H groups in total. The van der Waals surface area contributed by atoms with Gasteiger partial charge in [0.15, 0.2) is 0 Å². The third-order valence-corrected chi connectivity index (χ3v) is 12.8. The van der Waals surface area contributed by atoms with E-state index in [4.69, 9.17) is 0 Å². The van der Waals surface area contributed by atoms with Crippen LogP contribution in [0.2, 0.25) is 0 Å². The molecular weight excluding hydrogens is 645 g/mol. The van der Waals surface area contributed by atoms with Crippen molar-refractivity contribution in [2.24, 2.45) is 0 Å². The fourth-order valence-corrected chi connectivity index (χ4v) is 10.5. The zero-order valence-electron chi connectivity index (χ0n) is 29.1. The van der Waals surface area contributed by atoms with Crippen molar-refractivity contribution in [1.29, 1.82) is 0 Å². The van der Waals surface area contributed by atoms with E-state index < -0.39 is 0 Å². The molecule has 11 rings (SSSR count). The summed E-state index contributed by atoms with van der Waals surface area (Å²) in [6.07, 6.45) is 0. The molecule has 1 aliphatic rings. The third-order valence-electron chi connectivity index (χ3n) is 11.6. The van der Waals surface area contributed by atoms with Gasteiger partial charge < -0.3 is 0 Å². The summed E-state index contributed by atoms with van der Waals surface area (Å²) in [4.78, 5) is 0. The second-order valence-corrected chi connectivity index (χ2v) is 15.9. The van der Waals surface area contributed by atoms with E-state index in [2.05, 4.69) is 184 Å². The quantitative estimate of drug-likeness (QED) is 0.163. The predicted octanol–water partition coefficient (Wildman–Crippen LogP) is 14.8. The summed E-state index contributed by atoms with van der Waals surface area (Å²) in [5.74, 6) is 0. The molecule has 0 bridgehead atoms. The fourth-order valence-electron chi connectivity index (χ4n) is 9.22. The van der Waals surface area contributed by atoms with Gasteiger partial charge in [-0.2, -0.15) is 0 Å². The van der Waals surface area contributed by atoms with Gasteiger partial charge in [0.2, 0.25) is 0 Å². The van der Waals surface area contributed by atoms with Crippen LogP contribution in [-0.2, 0) is 5.41 Å². The fraction of sp³-hybridized carbons (Fsp3) is 0.0588. The van der Waals surface area contributed by atoms with Crippen molar-refractivity contribution >= 4 is 63.8 Å². The van der Waals surface area contributed by atoms with Crippen LogP contribution in [0.1, 0.15) is 25.0 Å². The average Bonchev–Trinajstić information content (AvgIpc) is 3.69. The van der Waals surface area contributed by atoms with E-state index in [1.54, 1.807) is 0 Å². The molecule has 52 heavy (non-hydrogen) atoms. The Hall–Kier alpha value is -6.02. The lowest BCUT2D eigenvalue weighted by Gasteiger charge is -2.22. The van der Waals surface area contributed by atoms with Crippen LogP contribution in [0.3, 0.4) is 0 Å². The highest BCUT2D eigenvalue weighted by Crippen LogP contribution is 2.54. The zero-order chi connectivity index (χ0) is 34.6. The van der Waals surface area contributed by atoms with E-state index in [1.807, 2.05) is 11.3 Å². The Kier molecular flexibility index (Phi) is 6.27. The Morgan fingerprint density at radius 1 is 0.385 bits per heavy atom. The van der Waals surface area contributed by atoms with Gasteiger partial charge in [-0.05, 0) is 101 Å². The first kappa shape index (κ1) is 29.7. The topological polar surface area (TPSA) is 0 Å². The van der Waals surface area contributed by atoms with Crippen molar-refractivity contribution in [2.75, 3.05) is 0 Å². The molecule has 0 fully saturated rings. The number of fused-ring (bicyclic) bond motifs is 11. The van der Waals surface area contributed by atoms with Crippen LogP contribution in [0.25, 0.3) is 97.0 Å². The molecule has 9 aromatic carbocycles. The summed E-state index contributed by atoms with van der Waals surface area (Å²) in [5.41, 5.74) is 13.1. The highest BCUT2D eigenvalue weighted by atomic mass is 32.1. The van der Waals surface area contributed by atoms with Gasteiger partial charge in [0.05, 0.1) is 0 Å². The molecule has 244 valence electrons. The molecule has 0 saturated heterocycles. The second kappa shape index (κ2) is 11.0. The predicted molar refractivity (Wildman–Crippen MR) is 226 cm³/mol. The maximum atomic E-state index is 2.47. The lowest BCUT2D eigenvalue weighted by molar-refractivity contribution is 0.661. The summed E-state index contributed by atoms with van der Waals surface area (Å²) in [7, 11) is 0. The minimum Gasteiger partial charge on any atom is -0.135 e. The van der Waals surface area contributed by atoms with E-state index in [0.717, 1.165) is 0 Å². The first-order valence-electron chi connectivity index (χ1n) is 18.2. The summed E-state index contributed by atoms with van der Waals surface area (Å²) < 4.78 is 2.74. The molecule has 1 heteroatoms. The standard InChI is InChI=1S/C51H34S/c1-51(2)43-27-25-34(30-42(43)49-44(51)28-24-32-23-26-41-36-17-10-11-22-45(36)52-50(41)48(32)49)33-15-12-16-35(29-33)47-39-20-8-6-18-37(39)46(31-13-4-3-5-14-31)38-19-7-9-21-40(38)47/h3-30H,1-2H3. The number of thiophene rings is 1. The summed E-state index contributed by atoms with van der Waals surface area (Å²) in [6, 6.07) is 63.4. The van der Waals surface area contributed by atoms with Crippen molar-refractivity contribution in [2.45, 2.75) is 19.3 Å². The van der Waals surface area contributed by atoms with E-state index in [-0.39, 0.29) is 5.41 Å². The lowest BCUT2D eigenvalue weighted by atomic mass is 9.81. The molecule has 0 aliphatic heterocycles. The molecule has 0 atom stereocenters. The first-order chi connectivity index (χ1) is 25.6. The van der Waals surface area contributed by atoms with Crippen LogP contribution in [0.4, 0.5) is 0 Å². The van der Waals surface area contributed by atoms with Crippen LogP contribution in [0.5, 0.6) is 0 Å². The molecule has 1 aromatic heterocycles. The summed E-state index contributed by atoms with van der Waals surface area (Å²) in [6.45, 7) is 4.79. The van der Waals surface area contributed by atoms with Gasteiger partial charge in [-0.15, -0.1) is 11.3 Å². The largest absolute Gasteiger partial charge is 0.135 e. The van der Waals surface area contributed by atoms with Crippen molar-refractivity contribution < 1.29 is 0 Å². The first-order valence-corrected chi connectivity index (χ1v) is 19.0. The minimum atomic E-state index is -0.0869. The lowest BCUT2D eigenvalue weighted by Crippen LogP contribution is -2.14. The molecule has 0 unspecified atom stereocenters. The van der Waals surface area contributed by atoms with Crippen LogP contribution in [-0.4, -0.2) is 0 Å². The minimum absolute atomic E-state index is 0.0869. The van der Waals surface area contributed by atoms with Crippen molar-refractivity contribution in [3.05, 3.63) is 181 Å². The van der Waals surface area contributed by atoms with Crippen molar-refractivity contribution in [3.8, 4) is 44.5 Å². The third kappa shape index (κ3) is 4.15. The van der Waals surface area contributed by atoms with E-state index >= 15 is 0 Å². The van der Waals surface area contributed by atoms with E-state index in [9.17, 15) is 0 Å². The van der Waals surface area contributed by atoms with Gasteiger partial charge >= 0.3 is 0 Å². The second-order valence-electron chi connectivity index (χ2n) is 14.8. The van der Waals surface area contributed by atoms with Gasteiger partial charge in [0.1, 0.15) is 0 Å².